The van der Waals surface area contributed by atoms with E-state index in [1.807, 2.05) is 0 Å². The molecule has 0 spiro atoms. The normalized spacial score (nSPS) is 10.7. The molecule has 100 valence electrons. The molecule has 2 aromatic rings. The summed E-state index contributed by atoms with van der Waals surface area (Å²) in [6, 6.07) is 1.30. The standard InChI is InChI=1S/C12H13N3O4/c1-4-19-12(18)10-6(2)13-9-5-8(11(16)17)14-15(9)7(10)3/h5H,4H2,1-3H3,(H,16,17)/p-1. The lowest BCUT2D eigenvalue weighted by molar-refractivity contribution is -0.255. The van der Waals surface area contributed by atoms with Gasteiger partial charge in [-0.15, -0.1) is 0 Å². The Balaban J connectivity index is 2.67. The minimum Gasteiger partial charge on any atom is -0.543 e. The molecule has 0 aliphatic carbocycles. The fourth-order valence-corrected chi connectivity index (χ4v) is 1.89. The van der Waals surface area contributed by atoms with E-state index in [1.54, 1.807) is 20.8 Å². The van der Waals surface area contributed by atoms with Crippen LogP contribution in [0.1, 0.15) is 39.2 Å². The summed E-state index contributed by atoms with van der Waals surface area (Å²) in [7, 11) is 0. The van der Waals surface area contributed by atoms with Gasteiger partial charge in [-0.3, -0.25) is 0 Å². The molecule has 0 aliphatic heterocycles. The van der Waals surface area contributed by atoms with Crippen LogP contribution < -0.4 is 5.11 Å². The Morgan fingerprint density at radius 2 is 2.11 bits per heavy atom. The van der Waals surface area contributed by atoms with Crippen LogP contribution in [-0.2, 0) is 4.74 Å². The molecule has 0 unspecified atom stereocenters. The van der Waals surface area contributed by atoms with Crippen molar-refractivity contribution in [1.82, 2.24) is 14.6 Å². The van der Waals surface area contributed by atoms with Gasteiger partial charge in [0.2, 0.25) is 0 Å². The largest absolute Gasteiger partial charge is 0.543 e. The molecule has 0 aromatic carbocycles. The van der Waals surface area contributed by atoms with Gasteiger partial charge in [0, 0.05) is 6.07 Å². The first-order chi connectivity index (χ1) is 8.95. The zero-order valence-corrected chi connectivity index (χ0v) is 10.8. The number of carboxylic acid groups (broad SMARTS) is 1. The average Bonchev–Trinajstić information content (AvgIpc) is 2.73. The van der Waals surface area contributed by atoms with Crippen molar-refractivity contribution in [3.05, 3.63) is 28.7 Å². The Kier molecular flexibility index (Phi) is 3.20. The lowest BCUT2D eigenvalue weighted by Gasteiger charge is -2.09. The zero-order chi connectivity index (χ0) is 14.2. The first-order valence-electron chi connectivity index (χ1n) is 5.71. The van der Waals surface area contributed by atoms with Gasteiger partial charge in [0.1, 0.15) is 11.3 Å². The van der Waals surface area contributed by atoms with Crippen LogP contribution in [0.25, 0.3) is 5.65 Å². The Bertz CT molecular complexity index is 675. The molecule has 0 amide bonds. The van der Waals surface area contributed by atoms with Gasteiger partial charge in [-0.1, -0.05) is 0 Å². The predicted octanol–water partition coefficient (Wildman–Crippen LogP) is -0.114. The lowest BCUT2D eigenvalue weighted by Crippen LogP contribution is -2.22. The molecule has 0 aliphatic rings. The number of ether oxygens (including phenoxy) is 1. The SMILES string of the molecule is CCOC(=O)c1c(C)nc2cc(C(=O)[O-])nn2c1C. The fraction of sp³-hybridized carbons (Fsp3) is 0.333. The number of rotatable bonds is 3. The van der Waals surface area contributed by atoms with Gasteiger partial charge in [0.25, 0.3) is 0 Å². The van der Waals surface area contributed by atoms with Crippen molar-refractivity contribution < 1.29 is 19.4 Å². The second-order valence-corrected chi connectivity index (χ2v) is 3.97. The highest BCUT2D eigenvalue weighted by Crippen LogP contribution is 2.16. The summed E-state index contributed by atoms with van der Waals surface area (Å²) in [4.78, 5) is 26.8. The van der Waals surface area contributed by atoms with E-state index in [-0.39, 0.29) is 12.3 Å². The van der Waals surface area contributed by atoms with E-state index >= 15 is 0 Å². The molecule has 19 heavy (non-hydrogen) atoms. The molecule has 0 radical (unpaired) electrons. The number of aromatic nitrogens is 3. The van der Waals surface area contributed by atoms with E-state index in [2.05, 4.69) is 10.1 Å². The Morgan fingerprint density at radius 3 is 2.68 bits per heavy atom. The van der Waals surface area contributed by atoms with Crippen molar-refractivity contribution in [3.8, 4) is 0 Å². The Labute approximate surface area is 108 Å². The van der Waals surface area contributed by atoms with Gasteiger partial charge in [-0.05, 0) is 20.8 Å². The third-order valence-electron chi connectivity index (χ3n) is 2.70. The summed E-state index contributed by atoms with van der Waals surface area (Å²) < 4.78 is 6.24. The minimum atomic E-state index is -1.39. The molecule has 2 rings (SSSR count). The van der Waals surface area contributed by atoms with Crippen LogP contribution >= 0.6 is 0 Å². The molecule has 0 bridgehead atoms. The maximum Gasteiger partial charge on any atom is 0.341 e. The lowest BCUT2D eigenvalue weighted by atomic mass is 10.2. The summed E-state index contributed by atoms with van der Waals surface area (Å²) in [6.45, 7) is 5.26. The average molecular weight is 262 g/mol. The molecular weight excluding hydrogens is 250 g/mol. The molecule has 0 atom stereocenters. The monoisotopic (exact) mass is 262 g/mol. The van der Waals surface area contributed by atoms with E-state index < -0.39 is 11.9 Å². The third kappa shape index (κ3) is 2.14. The van der Waals surface area contributed by atoms with Crippen LogP contribution in [0.5, 0.6) is 0 Å². The number of aromatic carboxylic acids is 1. The van der Waals surface area contributed by atoms with Gasteiger partial charge in [0.15, 0.2) is 5.65 Å². The number of fused-ring (bicyclic) bond motifs is 1. The molecule has 2 heterocycles. The molecule has 0 saturated carbocycles. The number of carbonyl (C=O) groups excluding carboxylic acids is 2. The zero-order valence-electron chi connectivity index (χ0n) is 10.8. The number of hydrogen-bond acceptors (Lipinski definition) is 6. The Hall–Kier alpha value is -2.44. The summed E-state index contributed by atoms with van der Waals surface area (Å²) in [5.41, 5.74) is 1.36. The fourth-order valence-electron chi connectivity index (χ4n) is 1.89. The number of nitrogens with zero attached hydrogens (tertiary/aromatic N) is 3. The highest BCUT2D eigenvalue weighted by atomic mass is 16.5. The van der Waals surface area contributed by atoms with Crippen LogP contribution in [0.2, 0.25) is 0 Å². The Morgan fingerprint density at radius 1 is 1.42 bits per heavy atom. The minimum absolute atomic E-state index is 0.226. The number of carboxylic acids is 1. The van der Waals surface area contributed by atoms with Crippen LogP contribution in [0.4, 0.5) is 0 Å². The molecule has 0 fully saturated rings. The van der Waals surface area contributed by atoms with Crippen LogP contribution in [0, 0.1) is 13.8 Å². The molecular formula is C12H12N3O4-. The predicted molar refractivity (Wildman–Crippen MR) is 62.7 cm³/mol. The van der Waals surface area contributed by atoms with Crippen molar-refractivity contribution in [2.45, 2.75) is 20.8 Å². The summed E-state index contributed by atoms with van der Waals surface area (Å²) >= 11 is 0. The van der Waals surface area contributed by atoms with Crippen LogP contribution in [0.3, 0.4) is 0 Å². The van der Waals surface area contributed by atoms with E-state index in [4.69, 9.17) is 4.74 Å². The smallest absolute Gasteiger partial charge is 0.341 e. The van der Waals surface area contributed by atoms with E-state index in [1.165, 1.54) is 10.6 Å². The summed E-state index contributed by atoms with van der Waals surface area (Å²) in [6.07, 6.45) is 0. The van der Waals surface area contributed by atoms with Crippen molar-refractivity contribution in [2.75, 3.05) is 6.61 Å². The molecule has 7 heteroatoms. The maximum atomic E-state index is 11.8. The molecule has 0 N–H and O–H groups in total. The first-order valence-corrected chi connectivity index (χ1v) is 5.71. The second kappa shape index (κ2) is 4.68. The van der Waals surface area contributed by atoms with Crippen LogP contribution in [0.15, 0.2) is 6.07 Å². The summed E-state index contributed by atoms with van der Waals surface area (Å²) in [5, 5.41) is 14.6. The molecule has 7 nitrogen and oxygen atoms in total. The highest BCUT2D eigenvalue weighted by Gasteiger charge is 2.19. The third-order valence-corrected chi connectivity index (χ3v) is 2.70. The van der Waals surface area contributed by atoms with Crippen molar-refractivity contribution in [1.29, 1.82) is 0 Å². The van der Waals surface area contributed by atoms with Crippen LogP contribution in [-0.4, -0.2) is 33.1 Å². The van der Waals surface area contributed by atoms with Gasteiger partial charge >= 0.3 is 5.97 Å². The highest BCUT2D eigenvalue weighted by molar-refractivity contribution is 5.92. The topological polar surface area (TPSA) is 96.6 Å². The van der Waals surface area contributed by atoms with Crippen molar-refractivity contribution >= 4 is 17.6 Å². The van der Waals surface area contributed by atoms with E-state index in [9.17, 15) is 14.7 Å². The quantitative estimate of drug-likeness (QED) is 0.716. The molecule has 2 aromatic heterocycles. The maximum absolute atomic E-state index is 11.8. The number of esters is 1. The van der Waals surface area contributed by atoms with Gasteiger partial charge < -0.3 is 14.6 Å². The molecule has 0 saturated heterocycles. The summed E-state index contributed by atoms with van der Waals surface area (Å²) in [5.74, 6) is -1.89. The number of aryl methyl sites for hydroxylation is 2. The first kappa shape index (κ1) is 13.0. The van der Waals surface area contributed by atoms with E-state index in [0.717, 1.165) is 0 Å². The van der Waals surface area contributed by atoms with Gasteiger partial charge in [0.05, 0.1) is 24.0 Å². The second-order valence-electron chi connectivity index (χ2n) is 3.97. The number of hydrogen-bond donors (Lipinski definition) is 0. The van der Waals surface area contributed by atoms with E-state index in [0.29, 0.717) is 22.6 Å². The van der Waals surface area contributed by atoms with Crippen molar-refractivity contribution in [2.24, 2.45) is 0 Å². The number of carbonyl (C=O) groups is 2. The van der Waals surface area contributed by atoms with Gasteiger partial charge in [-0.25, -0.2) is 14.3 Å². The van der Waals surface area contributed by atoms with Gasteiger partial charge in [-0.2, -0.15) is 5.10 Å². The van der Waals surface area contributed by atoms with Crippen molar-refractivity contribution in [3.63, 3.8) is 0 Å².